The fraction of sp³-hybridized carbons (Fsp3) is 0.587. The van der Waals surface area contributed by atoms with Crippen LogP contribution in [0.3, 0.4) is 0 Å². The highest BCUT2D eigenvalue weighted by Crippen LogP contribution is 2.68. The van der Waals surface area contributed by atoms with E-state index in [-0.39, 0.29) is 46.9 Å². The average Bonchev–Trinajstić information content (AvgIpc) is 3.30. The predicted molar refractivity (Wildman–Crippen MR) is 220 cm³/mol. The number of hydrogen-bond acceptors (Lipinski definition) is 10. The lowest BCUT2D eigenvalue weighted by atomic mass is 9.51. The average molecular weight is 787 g/mol. The zero-order valence-electron chi connectivity index (χ0n) is 35.6. The third kappa shape index (κ3) is 7.57. The van der Waals surface area contributed by atoms with E-state index in [0.29, 0.717) is 80.3 Å². The van der Waals surface area contributed by atoms with E-state index in [1.807, 2.05) is 53.8 Å². The van der Waals surface area contributed by atoms with Crippen molar-refractivity contribution in [3.05, 3.63) is 69.4 Å². The first-order chi connectivity index (χ1) is 26.9. The van der Waals surface area contributed by atoms with Crippen molar-refractivity contribution >= 4 is 23.5 Å². The summed E-state index contributed by atoms with van der Waals surface area (Å²) in [6.07, 6.45) is 13.9. The molecule has 1 spiro atoms. The van der Waals surface area contributed by atoms with Crippen molar-refractivity contribution in [3.63, 3.8) is 0 Å². The molecule has 3 heterocycles. The standard InChI is InChI=1S/C46H62N2O9/c1-28(2)12-11-17-44(8)18-16-32-37(49)36-38(50)34-26-31-27-35-43(6,7)57-45(41(31)51,46(34,35)56-40(36)33(39(32)55-44)14-13-29(3)4)19-15-30(5)42(52)48(10)21-23-54-25-24-53-22-20-47-9/h12-13,15-16,18,26,31,35,47,49H,11,14,17,19-25,27H2,1-10H3/b30-15-. The highest BCUT2D eigenvalue weighted by Gasteiger charge is 2.81. The zero-order valence-corrected chi connectivity index (χ0v) is 35.6. The summed E-state index contributed by atoms with van der Waals surface area (Å²) in [5, 5.41) is 15.0. The Morgan fingerprint density at radius 1 is 0.982 bits per heavy atom. The summed E-state index contributed by atoms with van der Waals surface area (Å²) >= 11 is 0. The number of ether oxygens (including phenoxy) is 5. The minimum atomic E-state index is -1.60. The number of likely N-dealkylation sites (N-methyl/N-ethyl adjacent to an activating group) is 2. The Labute approximate surface area is 338 Å². The van der Waals surface area contributed by atoms with Gasteiger partial charge in [0.25, 0.3) is 0 Å². The number of amides is 1. The number of phenolic OH excluding ortho intramolecular Hbond substituents is 1. The van der Waals surface area contributed by atoms with Gasteiger partial charge in [-0.3, -0.25) is 14.4 Å². The molecule has 1 saturated heterocycles. The largest absolute Gasteiger partial charge is 0.506 e. The van der Waals surface area contributed by atoms with Crippen LogP contribution in [0.15, 0.2) is 52.7 Å². The fourth-order valence-corrected chi connectivity index (χ4v) is 9.27. The summed E-state index contributed by atoms with van der Waals surface area (Å²) in [5.41, 5.74) is -0.432. The molecule has 6 aliphatic rings. The number of nitrogens with zero attached hydrogens (tertiary/aromatic N) is 1. The van der Waals surface area contributed by atoms with Crippen LogP contribution in [-0.4, -0.2) is 103 Å². The highest BCUT2D eigenvalue weighted by atomic mass is 16.6. The number of rotatable bonds is 17. The number of hydrogen-bond donors (Lipinski definition) is 2. The van der Waals surface area contributed by atoms with Crippen molar-refractivity contribution < 1.29 is 43.2 Å². The molecule has 0 aromatic heterocycles. The Balaban J connectivity index is 1.37. The van der Waals surface area contributed by atoms with Gasteiger partial charge in [0.15, 0.2) is 22.8 Å². The van der Waals surface area contributed by atoms with Crippen molar-refractivity contribution in [1.82, 2.24) is 10.2 Å². The lowest BCUT2D eigenvalue weighted by molar-refractivity contribution is -0.171. The van der Waals surface area contributed by atoms with Gasteiger partial charge in [-0.25, -0.2) is 0 Å². The lowest BCUT2D eigenvalue weighted by Gasteiger charge is -2.56. The summed E-state index contributed by atoms with van der Waals surface area (Å²) in [7, 11) is 3.58. The Kier molecular flexibility index (Phi) is 12.2. The van der Waals surface area contributed by atoms with Crippen LogP contribution in [0.25, 0.3) is 6.08 Å². The van der Waals surface area contributed by atoms with Crippen LogP contribution in [-0.2, 0) is 30.2 Å². The minimum Gasteiger partial charge on any atom is -0.506 e. The summed E-state index contributed by atoms with van der Waals surface area (Å²) in [6.45, 7) is 18.8. The van der Waals surface area contributed by atoms with Crippen LogP contribution in [0, 0.1) is 11.8 Å². The number of nitrogens with one attached hydrogen (secondary N) is 1. The molecule has 3 aliphatic carbocycles. The molecule has 5 atom stereocenters. The second kappa shape index (κ2) is 16.3. The molecule has 7 rings (SSSR count). The molecule has 0 radical (unpaired) electrons. The van der Waals surface area contributed by atoms with Crippen molar-refractivity contribution in [2.24, 2.45) is 11.8 Å². The number of allylic oxidation sites excluding steroid dienone is 5. The molecule has 11 heteroatoms. The molecule has 1 amide bonds. The highest BCUT2D eigenvalue weighted by molar-refractivity contribution is 6.19. The van der Waals surface area contributed by atoms with E-state index >= 15 is 4.79 Å². The lowest BCUT2D eigenvalue weighted by Crippen LogP contribution is -2.72. The minimum absolute atomic E-state index is 0.0238. The molecule has 2 fully saturated rings. The third-order valence-electron chi connectivity index (χ3n) is 12.3. The van der Waals surface area contributed by atoms with E-state index in [1.54, 1.807) is 31.0 Å². The van der Waals surface area contributed by atoms with Gasteiger partial charge in [0.2, 0.25) is 5.91 Å². The van der Waals surface area contributed by atoms with Crippen molar-refractivity contribution in [1.29, 1.82) is 0 Å². The number of benzene rings is 1. The van der Waals surface area contributed by atoms with E-state index in [1.165, 1.54) is 5.57 Å². The number of aromatic hydroxyl groups is 1. The molecule has 1 aromatic rings. The van der Waals surface area contributed by atoms with Crippen LogP contribution in [0.2, 0.25) is 0 Å². The first-order valence-corrected chi connectivity index (χ1v) is 20.4. The zero-order chi connectivity index (χ0) is 41.5. The smallest absolute Gasteiger partial charge is 0.248 e. The Hall–Kier alpha value is -4.03. The normalized spacial score (nSPS) is 27.5. The molecule has 2 N–H and O–H groups in total. The number of carbonyl (C=O) groups excluding carboxylic acids is 3. The van der Waals surface area contributed by atoms with E-state index in [0.717, 1.165) is 18.5 Å². The molecule has 4 bridgehead atoms. The summed E-state index contributed by atoms with van der Waals surface area (Å²) in [4.78, 5) is 45.0. The molecule has 5 unspecified atom stereocenters. The van der Waals surface area contributed by atoms with Crippen LogP contribution >= 0.6 is 0 Å². The van der Waals surface area contributed by atoms with Crippen molar-refractivity contribution in [3.8, 4) is 17.2 Å². The maximum absolute atomic E-state index is 15.0. The molecule has 310 valence electrons. The van der Waals surface area contributed by atoms with Gasteiger partial charge in [0, 0.05) is 55.1 Å². The number of carbonyl (C=O) groups is 3. The molecule has 1 saturated carbocycles. The van der Waals surface area contributed by atoms with Gasteiger partial charge in [-0.15, -0.1) is 0 Å². The summed E-state index contributed by atoms with van der Waals surface area (Å²) < 4.78 is 32.3. The summed E-state index contributed by atoms with van der Waals surface area (Å²) in [5.74, 6) is -1.22. The van der Waals surface area contributed by atoms with Gasteiger partial charge in [0.05, 0.1) is 37.6 Å². The topological polar surface area (TPSA) is 133 Å². The van der Waals surface area contributed by atoms with Gasteiger partial charge in [-0.2, -0.15) is 0 Å². The third-order valence-corrected chi connectivity index (χ3v) is 12.3. The van der Waals surface area contributed by atoms with Crippen LogP contribution in [0.1, 0.15) is 103 Å². The maximum atomic E-state index is 15.0. The van der Waals surface area contributed by atoms with Crippen LogP contribution < -0.4 is 14.8 Å². The number of Topliss-reactive ketones (excluding diaryl/α,β-unsaturated/α-hetero) is 2. The van der Waals surface area contributed by atoms with Crippen molar-refractivity contribution in [2.75, 3.05) is 53.6 Å². The second-order valence-electron chi connectivity index (χ2n) is 17.5. The fourth-order valence-electron chi connectivity index (χ4n) is 9.27. The Morgan fingerprint density at radius 3 is 2.37 bits per heavy atom. The number of fused-ring (bicyclic) bond motifs is 2. The quantitative estimate of drug-likeness (QED) is 0.0981. The molecule has 1 aromatic carbocycles. The monoisotopic (exact) mass is 786 g/mol. The first kappa shape index (κ1) is 42.6. The molecule has 3 aliphatic heterocycles. The Morgan fingerprint density at radius 2 is 1.68 bits per heavy atom. The molecular weight excluding hydrogens is 725 g/mol. The molecular formula is C46H62N2O9. The SMILES string of the molecule is CNCCOCCOCCN(C)C(=O)/C(C)=C\CC12OC(C)(C)C3CC(C=C4C(=O)c5c(O)c6c(c(CC=C(C)C)c5OC431)OC(C)(CCC=C(C)C)C=C6)C2=O. The van der Waals surface area contributed by atoms with Crippen molar-refractivity contribution in [2.45, 2.75) is 110 Å². The van der Waals surface area contributed by atoms with Crippen LogP contribution in [0.4, 0.5) is 0 Å². The Bertz CT molecular complexity index is 1950. The predicted octanol–water partition coefficient (Wildman–Crippen LogP) is 6.87. The number of phenols is 1. The van der Waals surface area contributed by atoms with Gasteiger partial charge in [-0.1, -0.05) is 35.5 Å². The van der Waals surface area contributed by atoms with Gasteiger partial charge < -0.3 is 39.0 Å². The maximum Gasteiger partial charge on any atom is 0.248 e. The number of ketones is 2. The second-order valence-corrected chi connectivity index (χ2v) is 17.5. The van der Waals surface area contributed by atoms with Gasteiger partial charge in [-0.05, 0) is 100 Å². The van der Waals surface area contributed by atoms with E-state index in [9.17, 15) is 14.7 Å². The van der Waals surface area contributed by atoms with Gasteiger partial charge >= 0.3 is 0 Å². The molecule has 57 heavy (non-hydrogen) atoms. The van der Waals surface area contributed by atoms with Gasteiger partial charge in [0.1, 0.15) is 28.4 Å². The molecule has 11 nitrogen and oxygen atoms in total. The van der Waals surface area contributed by atoms with Crippen LogP contribution in [0.5, 0.6) is 17.2 Å². The van der Waals surface area contributed by atoms with E-state index < -0.39 is 28.3 Å². The summed E-state index contributed by atoms with van der Waals surface area (Å²) in [6, 6.07) is 0. The first-order valence-electron chi connectivity index (χ1n) is 20.4. The van der Waals surface area contributed by atoms with E-state index in [4.69, 9.17) is 23.7 Å². The van der Waals surface area contributed by atoms with E-state index in [2.05, 4.69) is 31.3 Å².